The predicted molar refractivity (Wildman–Crippen MR) is 94.3 cm³/mol. The van der Waals surface area contributed by atoms with Crippen LogP contribution in [-0.4, -0.2) is 15.2 Å². The molecule has 1 aromatic carbocycles. The summed E-state index contributed by atoms with van der Waals surface area (Å²) in [7, 11) is 0. The Kier molecular flexibility index (Phi) is 4.58. The molecule has 1 heterocycles. The lowest BCUT2D eigenvalue weighted by molar-refractivity contribution is 0.963. The highest BCUT2D eigenvalue weighted by Crippen LogP contribution is 2.28. The van der Waals surface area contributed by atoms with Crippen molar-refractivity contribution in [3.8, 4) is 0 Å². The quantitative estimate of drug-likeness (QED) is 0.809. The minimum Gasteiger partial charge on any atom is -0.389 e. The van der Waals surface area contributed by atoms with E-state index in [1.807, 2.05) is 39.8 Å². The van der Waals surface area contributed by atoms with Crippen LogP contribution in [0.1, 0.15) is 27.9 Å². The maximum absolute atomic E-state index is 5.84. The van der Waals surface area contributed by atoms with Gasteiger partial charge in [0.2, 0.25) is 0 Å². The van der Waals surface area contributed by atoms with E-state index in [1.54, 1.807) is 0 Å². The van der Waals surface area contributed by atoms with Crippen LogP contribution in [0.4, 0.5) is 11.5 Å². The first-order chi connectivity index (χ1) is 9.81. The van der Waals surface area contributed by atoms with Crippen LogP contribution in [0.5, 0.6) is 0 Å². The molecule has 2 rings (SSSR count). The maximum atomic E-state index is 5.84. The van der Waals surface area contributed by atoms with Gasteiger partial charge in [-0.2, -0.15) is 5.10 Å². The van der Waals surface area contributed by atoms with Gasteiger partial charge in [-0.3, -0.25) is 0 Å². The monoisotopic (exact) mass is 364 g/mol. The van der Waals surface area contributed by atoms with Gasteiger partial charge in [-0.05, 0) is 56.5 Å². The normalized spacial score (nSPS) is 10.5. The average Bonchev–Trinajstić information content (AvgIpc) is 2.40. The van der Waals surface area contributed by atoms with Crippen molar-refractivity contribution in [2.24, 2.45) is 5.73 Å². The highest BCUT2D eigenvalue weighted by Gasteiger charge is 2.14. The molecule has 4 nitrogen and oxygen atoms in total. The van der Waals surface area contributed by atoms with E-state index in [1.165, 1.54) is 0 Å². The average molecular weight is 365 g/mol. The second-order valence-corrected chi connectivity index (χ2v) is 6.28. The van der Waals surface area contributed by atoms with Crippen LogP contribution in [0.15, 0.2) is 16.6 Å². The van der Waals surface area contributed by atoms with E-state index in [0.717, 1.165) is 38.1 Å². The van der Waals surface area contributed by atoms with Gasteiger partial charge >= 0.3 is 0 Å². The molecule has 0 bridgehead atoms. The van der Waals surface area contributed by atoms with E-state index >= 15 is 0 Å². The molecule has 0 aliphatic rings. The molecule has 6 heteroatoms. The van der Waals surface area contributed by atoms with Gasteiger partial charge in [-0.15, -0.1) is 5.10 Å². The van der Waals surface area contributed by atoms with Crippen LogP contribution in [0.3, 0.4) is 0 Å². The Morgan fingerprint density at radius 2 is 1.71 bits per heavy atom. The van der Waals surface area contributed by atoms with Crippen LogP contribution in [-0.2, 0) is 0 Å². The van der Waals surface area contributed by atoms with Gasteiger partial charge in [0.05, 0.1) is 11.3 Å². The number of nitrogens with two attached hydrogens (primary N) is 1. The molecule has 110 valence electrons. The molecule has 21 heavy (non-hydrogen) atoms. The van der Waals surface area contributed by atoms with Gasteiger partial charge in [0.25, 0.3) is 0 Å². The predicted octanol–water partition coefficient (Wildman–Crippen LogP) is 3.85. The Morgan fingerprint density at radius 3 is 2.24 bits per heavy atom. The number of rotatable bonds is 3. The van der Waals surface area contributed by atoms with Crippen molar-refractivity contribution in [1.29, 1.82) is 0 Å². The van der Waals surface area contributed by atoms with Crippen molar-refractivity contribution >= 4 is 44.6 Å². The van der Waals surface area contributed by atoms with Gasteiger partial charge in [-0.1, -0.05) is 28.1 Å². The topological polar surface area (TPSA) is 63.8 Å². The van der Waals surface area contributed by atoms with Gasteiger partial charge in [-0.25, -0.2) is 0 Å². The summed E-state index contributed by atoms with van der Waals surface area (Å²) < 4.78 is 1.11. The first-order valence-electron chi connectivity index (χ1n) is 6.48. The summed E-state index contributed by atoms with van der Waals surface area (Å²) in [4.78, 5) is 0.318. The minimum absolute atomic E-state index is 0.318. The van der Waals surface area contributed by atoms with Gasteiger partial charge in [0, 0.05) is 10.2 Å². The second-order valence-electron chi connectivity index (χ2n) is 5.05. The molecule has 2 aromatic rings. The maximum Gasteiger partial charge on any atom is 0.163 e. The number of benzene rings is 1. The van der Waals surface area contributed by atoms with Crippen molar-refractivity contribution < 1.29 is 0 Å². The van der Waals surface area contributed by atoms with Crippen molar-refractivity contribution in [3.05, 3.63) is 44.6 Å². The third-order valence-electron chi connectivity index (χ3n) is 3.40. The molecule has 0 aliphatic carbocycles. The number of hydrogen-bond donors (Lipinski definition) is 2. The Labute approximate surface area is 138 Å². The largest absolute Gasteiger partial charge is 0.389 e. The molecular weight excluding hydrogens is 348 g/mol. The van der Waals surface area contributed by atoms with E-state index in [0.29, 0.717) is 10.8 Å². The standard InChI is InChI=1S/C15H17BrN4S/c1-7-5-11(6-8(2)13(7)16)18-15-12(14(17)21)9(3)10(4)19-20-15/h5-6H,1-4H3,(H2,17,21)(H,18,20). The zero-order valence-electron chi connectivity index (χ0n) is 12.4. The Balaban J connectivity index is 2.50. The lowest BCUT2D eigenvalue weighted by atomic mass is 10.1. The molecule has 0 aliphatic heterocycles. The first kappa shape index (κ1) is 15.9. The minimum atomic E-state index is 0.318. The fourth-order valence-electron chi connectivity index (χ4n) is 2.15. The summed E-state index contributed by atoms with van der Waals surface area (Å²) in [6.45, 7) is 7.93. The fourth-order valence-corrected chi connectivity index (χ4v) is 2.63. The molecule has 0 unspecified atom stereocenters. The zero-order valence-corrected chi connectivity index (χ0v) is 14.8. The molecule has 3 N–H and O–H groups in total. The molecular formula is C15H17BrN4S. The third kappa shape index (κ3) is 3.22. The summed E-state index contributed by atoms with van der Waals surface area (Å²) in [6.07, 6.45) is 0. The number of aromatic nitrogens is 2. The van der Waals surface area contributed by atoms with Crippen LogP contribution in [0, 0.1) is 27.7 Å². The van der Waals surface area contributed by atoms with E-state index in [4.69, 9.17) is 18.0 Å². The number of nitrogens with one attached hydrogen (secondary N) is 1. The lowest BCUT2D eigenvalue weighted by Gasteiger charge is -2.14. The Hall–Kier alpha value is -1.53. The number of halogens is 1. The molecule has 0 spiro atoms. The summed E-state index contributed by atoms with van der Waals surface area (Å²) in [5.41, 5.74) is 11.6. The van der Waals surface area contributed by atoms with E-state index < -0.39 is 0 Å². The first-order valence-corrected chi connectivity index (χ1v) is 7.68. The van der Waals surface area contributed by atoms with Crippen LogP contribution in [0.25, 0.3) is 0 Å². The molecule has 0 fully saturated rings. The summed E-state index contributed by atoms with van der Waals surface area (Å²) in [5.74, 6) is 0.590. The number of anilines is 2. The van der Waals surface area contributed by atoms with E-state index in [2.05, 4.69) is 31.4 Å². The summed E-state index contributed by atoms with van der Waals surface area (Å²) >= 11 is 8.71. The third-order valence-corrected chi connectivity index (χ3v) is 4.86. The zero-order chi connectivity index (χ0) is 15.7. The number of thiocarbonyl (C=S) groups is 1. The van der Waals surface area contributed by atoms with Crippen LogP contribution in [0.2, 0.25) is 0 Å². The molecule has 0 radical (unpaired) electrons. The molecule has 1 aromatic heterocycles. The van der Waals surface area contributed by atoms with Gasteiger partial charge < -0.3 is 11.1 Å². The SMILES string of the molecule is Cc1cc(Nc2nnc(C)c(C)c2C(N)=S)cc(C)c1Br. The summed E-state index contributed by atoms with van der Waals surface area (Å²) in [6, 6.07) is 4.08. The Morgan fingerprint density at radius 1 is 1.14 bits per heavy atom. The smallest absolute Gasteiger partial charge is 0.163 e. The Bertz CT molecular complexity index is 705. The van der Waals surface area contributed by atoms with Crippen LogP contribution >= 0.6 is 28.1 Å². The molecule has 0 amide bonds. The van der Waals surface area contributed by atoms with E-state index in [-0.39, 0.29) is 0 Å². The second kappa shape index (κ2) is 6.07. The molecule has 0 saturated heterocycles. The summed E-state index contributed by atoms with van der Waals surface area (Å²) in [5, 5.41) is 11.6. The highest BCUT2D eigenvalue weighted by molar-refractivity contribution is 9.10. The number of nitrogens with zero attached hydrogens (tertiary/aromatic N) is 2. The molecule has 0 saturated carbocycles. The highest BCUT2D eigenvalue weighted by atomic mass is 79.9. The van der Waals surface area contributed by atoms with E-state index in [9.17, 15) is 0 Å². The van der Waals surface area contributed by atoms with Gasteiger partial charge in [0.15, 0.2) is 5.82 Å². The van der Waals surface area contributed by atoms with Gasteiger partial charge in [0.1, 0.15) is 4.99 Å². The van der Waals surface area contributed by atoms with Crippen molar-refractivity contribution in [3.63, 3.8) is 0 Å². The van der Waals surface area contributed by atoms with Crippen molar-refractivity contribution in [1.82, 2.24) is 10.2 Å². The van der Waals surface area contributed by atoms with Crippen molar-refractivity contribution in [2.45, 2.75) is 27.7 Å². The molecule has 0 atom stereocenters. The lowest BCUT2D eigenvalue weighted by Crippen LogP contribution is -2.17. The number of hydrogen-bond acceptors (Lipinski definition) is 4. The fraction of sp³-hybridized carbons (Fsp3) is 0.267. The van der Waals surface area contributed by atoms with Crippen molar-refractivity contribution in [2.75, 3.05) is 5.32 Å². The van der Waals surface area contributed by atoms with Crippen LogP contribution < -0.4 is 11.1 Å². The number of aryl methyl sites for hydroxylation is 3.